The Hall–Kier alpha value is -3.14. The van der Waals surface area contributed by atoms with Gasteiger partial charge in [-0.1, -0.05) is 18.2 Å². The summed E-state index contributed by atoms with van der Waals surface area (Å²) < 4.78 is 21.9. The lowest BCUT2D eigenvalue weighted by atomic mass is 10.3. The Balaban J connectivity index is 1.64. The lowest BCUT2D eigenvalue weighted by Gasteiger charge is -2.16. The van der Waals surface area contributed by atoms with Gasteiger partial charge in [-0.15, -0.1) is 0 Å². The molecule has 1 saturated heterocycles. The topological polar surface area (TPSA) is 101 Å². The number of nitrogens with zero attached hydrogens (tertiary/aromatic N) is 5. The van der Waals surface area contributed by atoms with Crippen LogP contribution in [0.5, 0.6) is 5.88 Å². The second kappa shape index (κ2) is 7.12. The highest BCUT2D eigenvalue weighted by Gasteiger charge is 2.37. The van der Waals surface area contributed by atoms with Crippen LogP contribution >= 0.6 is 11.6 Å². The molecule has 4 rings (SSSR count). The molecule has 0 unspecified atom stereocenters. The zero-order chi connectivity index (χ0) is 19.8. The Morgan fingerprint density at radius 3 is 3.04 bits per heavy atom. The average molecular weight is 406 g/mol. The number of aryl methyl sites for hydroxylation is 1. The van der Waals surface area contributed by atoms with Crippen molar-refractivity contribution in [2.24, 2.45) is 7.05 Å². The maximum Gasteiger partial charge on any atom is 0.246 e. The quantitative estimate of drug-likeness (QED) is 0.631. The molecular weight excluding hydrogens is 389 g/mol. The molecule has 9 nitrogen and oxygen atoms in total. The van der Waals surface area contributed by atoms with Crippen molar-refractivity contribution in [2.75, 3.05) is 18.4 Å². The van der Waals surface area contributed by atoms with Crippen molar-refractivity contribution in [1.82, 2.24) is 29.6 Å². The number of alkyl halides is 1. The average Bonchev–Trinajstić information content (AvgIpc) is 3.35. The number of halogens is 2. The molecule has 0 saturated carbocycles. The van der Waals surface area contributed by atoms with Crippen molar-refractivity contribution in [3.05, 3.63) is 36.3 Å². The number of anilines is 2. The summed E-state index contributed by atoms with van der Waals surface area (Å²) in [5.74, 6) is 0.0184. The van der Waals surface area contributed by atoms with E-state index < -0.39 is 12.3 Å². The third-order valence-electron chi connectivity index (χ3n) is 4.36. The molecule has 0 aromatic carbocycles. The van der Waals surface area contributed by atoms with E-state index in [0.29, 0.717) is 21.7 Å². The Labute approximate surface area is 164 Å². The molecule has 28 heavy (non-hydrogen) atoms. The largest absolute Gasteiger partial charge is 0.469 e. The number of H-pyrrole nitrogens is 1. The number of aromatic nitrogens is 5. The van der Waals surface area contributed by atoms with Gasteiger partial charge in [0.1, 0.15) is 5.65 Å². The Bertz CT molecular complexity index is 1050. The molecule has 3 aromatic heterocycles. The number of hydrogen-bond donors (Lipinski definition) is 2. The van der Waals surface area contributed by atoms with Crippen molar-refractivity contribution in [1.29, 1.82) is 0 Å². The fourth-order valence-corrected chi connectivity index (χ4v) is 3.24. The Kier molecular flexibility index (Phi) is 4.63. The van der Waals surface area contributed by atoms with Gasteiger partial charge in [-0.05, 0) is 6.08 Å². The van der Waals surface area contributed by atoms with Gasteiger partial charge in [-0.25, -0.2) is 4.39 Å². The van der Waals surface area contributed by atoms with Crippen LogP contribution in [0.1, 0.15) is 0 Å². The van der Waals surface area contributed by atoms with Gasteiger partial charge in [-0.2, -0.15) is 15.1 Å². The Morgan fingerprint density at radius 1 is 1.50 bits per heavy atom. The summed E-state index contributed by atoms with van der Waals surface area (Å²) in [5, 5.41) is 7.89. The number of ether oxygens (including phenoxy) is 1. The second-order valence-corrected chi connectivity index (χ2v) is 6.77. The first kappa shape index (κ1) is 18.2. The van der Waals surface area contributed by atoms with Gasteiger partial charge in [0.25, 0.3) is 0 Å². The van der Waals surface area contributed by atoms with Crippen LogP contribution in [-0.2, 0) is 11.8 Å². The fraction of sp³-hybridized carbons (Fsp3) is 0.294. The molecule has 146 valence electrons. The molecule has 2 atom stereocenters. The lowest BCUT2D eigenvalue weighted by Crippen LogP contribution is -2.30. The molecule has 0 bridgehead atoms. The molecule has 0 radical (unpaired) electrons. The number of carbonyl (C=O) groups excluding carboxylic acids is 1. The predicted octanol–water partition coefficient (Wildman–Crippen LogP) is 2.20. The summed E-state index contributed by atoms with van der Waals surface area (Å²) in [5.41, 5.74) is 1.12. The van der Waals surface area contributed by atoms with Crippen LogP contribution in [0.15, 0.2) is 31.2 Å². The van der Waals surface area contributed by atoms with Crippen LogP contribution in [0.4, 0.5) is 16.0 Å². The molecular formula is C17H17ClFN7O2. The maximum atomic E-state index is 14.4. The van der Waals surface area contributed by atoms with Crippen LogP contribution in [0.25, 0.3) is 11.0 Å². The number of likely N-dealkylation sites (tertiary alicyclic amines) is 1. The van der Waals surface area contributed by atoms with Crippen LogP contribution in [0.2, 0.25) is 5.02 Å². The highest BCUT2D eigenvalue weighted by atomic mass is 35.5. The molecule has 1 amide bonds. The van der Waals surface area contributed by atoms with E-state index in [1.54, 1.807) is 30.3 Å². The highest BCUT2D eigenvalue weighted by Crippen LogP contribution is 2.33. The van der Waals surface area contributed by atoms with Crippen molar-refractivity contribution in [3.8, 4) is 5.88 Å². The third kappa shape index (κ3) is 3.38. The number of hydrogen-bond acceptors (Lipinski definition) is 6. The first-order valence-electron chi connectivity index (χ1n) is 8.47. The van der Waals surface area contributed by atoms with Gasteiger partial charge in [-0.3, -0.25) is 9.48 Å². The maximum absolute atomic E-state index is 14.4. The minimum Gasteiger partial charge on any atom is -0.469 e. The molecule has 0 aliphatic carbocycles. The monoisotopic (exact) mass is 405 g/mol. The number of rotatable bonds is 5. The molecule has 0 spiro atoms. The van der Waals surface area contributed by atoms with Crippen molar-refractivity contribution < 1.29 is 13.9 Å². The molecule has 2 N–H and O–H groups in total. The minimum absolute atomic E-state index is 0.0641. The van der Waals surface area contributed by atoms with Crippen molar-refractivity contribution in [2.45, 2.75) is 12.3 Å². The van der Waals surface area contributed by atoms with E-state index in [2.05, 4.69) is 31.9 Å². The van der Waals surface area contributed by atoms with Crippen molar-refractivity contribution >= 4 is 40.2 Å². The fourth-order valence-electron chi connectivity index (χ4n) is 3.02. The predicted molar refractivity (Wildman–Crippen MR) is 101 cm³/mol. The summed E-state index contributed by atoms with van der Waals surface area (Å²) in [6.07, 6.45) is 3.83. The smallest absolute Gasteiger partial charge is 0.246 e. The van der Waals surface area contributed by atoms with Crippen LogP contribution in [-0.4, -0.2) is 60.9 Å². The van der Waals surface area contributed by atoms with E-state index in [1.165, 1.54) is 4.90 Å². The van der Waals surface area contributed by atoms with Gasteiger partial charge in [0.2, 0.25) is 17.7 Å². The SMILES string of the molecule is C=CC(=O)N1C[C@@H](F)[C@@H](Oc2nc(Nc3cnn(C)c3)nc3[nH]cc(Cl)c23)C1. The van der Waals surface area contributed by atoms with E-state index in [0.717, 1.165) is 6.08 Å². The molecule has 1 aliphatic heterocycles. The standard InChI is InChI=1S/C17H17ClFN7O2/c1-3-13(27)26-7-11(19)12(8-26)28-16-14-10(18)5-20-15(14)23-17(24-16)22-9-4-21-25(2)6-9/h3-6,11-12H,1,7-8H2,2H3,(H2,20,22,23,24)/t11-,12+/m1/s1. The van der Waals surface area contributed by atoms with E-state index in [4.69, 9.17) is 16.3 Å². The number of amides is 1. The summed E-state index contributed by atoms with van der Waals surface area (Å²) >= 11 is 6.22. The number of fused-ring (bicyclic) bond motifs is 1. The van der Waals surface area contributed by atoms with E-state index in [-0.39, 0.29) is 30.8 Å². The van der Waals surface area contributed by atoms with Gasteiger partial charge >= 0.3 is 0 Å². The molecule has 3 aromatic rings. The summed E-state index contributed by atoms with van der Waals surface area (Å²) in [6.45, 7) is 3.45. The number of carbonyl (C=O) groups is 1. The number of nitrogens with one attached hydrogen (secondary N) is 2. The molecule has 1 aliphatic rings. The zero-order valence-electron chi connectivity index (χ0n) is 14.9. The molecule has 11 heteroatoms. The normalized spacial score (nSPS) is 19.2. The summed E-state index contributed by atoms with van der Waals surface area (Å²) in [6, 6.07) is 0. The highest BCUT2D eigenvalue weighted by molar-refractivity contribution is 6.35. The van der Waals surface area contributed by atoms with Crippen LogP contribution in [0, 0.1) is 0 Å². The van der Waals surface area contributed by atoms with Gasteiger partial charge in [0, 0.05) is 19.4 Å². The second-order valence-electron chi connectivity index (χ2n) is 6.36. The van der Waals surface area contributed by atoms with Gasteiger partial charge in [0.15, 0.2) is 12.3 Å². The van der Waals surface area contributed by atoms with Crippen molar-refractivity contribution in [3.63, 3.8) is 0 Å². The van der Waals surface area contributed by atoms with E-state index in [1.807, 2.05) is 0 Å². The van der Waals surface area contributed by atoms with Gasteiger partial charge < -0.3 is 19.9 Å². The lowest BCUT2D eigenvalue weighted by molar-refractivity contribution is -0.125. The first-order valence-corrected chi connectivity index (χ1v) is 8.84. The summed E-state index contributed by atoms with van der Waals surface area (Å²) in [4.78, 5) is 24.7. The zero-order valence-corrected chi connectivity index (χ0v) is 15.6. The molecule has 1 fully saturated rings. The minimum atomic E-state index is -1.36. The van der Waals surface area contributed by atoms with Crippen LogP contribution in [0.3, 0.4) is 0 Å². The van der Waals surface area contributed by atoms with Gasteiger partial charge in [0.05, 0.1) is 35.4 Å². The summed E-state index contributed by atoms with van der Waals surface area (Å²) in [7, 11) is 1.78. The number of aromatic amines is 1. The first-order chi connectivity index (χ1) is 13.4. The Morgan fingerprint density at radius 2 is 2.32 bits per heavy atom. The van der Waals surface area contributed by atoms with E-state index >= 15 is 0 Å². The van der Waals surface area contributed by atoms with E-state index in [9.17, 15) is 9.18 Å². The molecule has 4 heterocycles. The third-order valence-corrected chi connectivity index (χ3v) is 4.66. The van der Waals surface area contributed by atoms with Crippen LogP contribution < -0.4 is 10.1 Å².